The van der Waals surface area contributed by atoms with Crippen molar-refractivity contribution in [1.29, 1.82) is 0 Å². The highest BCUT2D eigenvalue weighted by Gasteiger charge is 2.50. The van der Waals surface area contributed by atoms with E-state index in [1.165, 1.54) is 0 Å². The molecule has 0 unspecified atom stereocenters. The molecule has 2 aromatic rings. The van der Waals surface area contributed by atoms with E-state index in [2.05, 4.69) is 4.90 Å². The average Bonchev–Trinajstić information content (AvgIpc) is 3.31. The summed E-state index contributed by atoms with van der Waals surface area (Å²) >= 11 is 6.13. The summed E-state index contributed by atoms with van der Waals surface area (Å²) in [5.74, 6) is 1.61. The minimum absolute atomic E-state index is 0.0880. The van der Waals surface area contributed by atoms with Crippen LogP contribution in [0.5, 0.6) is 5.75 Å². The molecule has 5 nitrogen and oxygen atoms in total. The number of hydrogen-bond donors (Lipinski definition) is 0. The maximum atomic E-state index is 12.9. The van der Waals surface area contributed by atoms with E-state index < -0.39 is 0 Å². The number of amides is 1. The van der Waals surface area contributed by atoms with Crippen molar-refractivity contribution in [3.05, 3.63) is 53.5 Å². The van der Waals surface area contributed by atoms with Crippen LogP contribution < -0.4 is 9.64 Å². The van der Waals surface area contributed by atoms with Crippen molar-refractivity contribution in [3.63, 3.8) is 0 Å². The second-order valence-electron chi connectivity index (χ2n) is 6.30. The van der Waals surface area contributed by atoms with E-state index in [4.69, 9.17) is 20.8 Å². The van der Waals surface area contributed by atoms with E-state index in [0.29, 0.717) is 10.8 Å². The molecule has 130 valence electrons. The van der Waals surface area contributed by atoms with Crippen LogP contribution in [0.1, 0.15) is 12.2 Å². The zero-order chi connectivity index (χ0) is 17.4. The first-order chi connectivity index (χ1) is 12.2. The topological polar surface area (TPSA) is 45.9 Å². The molecule has 1 aromatic heterocycles. The lowest BCUT2D eigenvalue weighted by atomic mass is 10.2. The third kappa shape index (κ3) is 2.94. The molecule has 3 heterocycles. The predicted molar refractivity (Wildman–Crippen MR) is 97.0 cm³/mol. The molecule has 0 radical (unpaired) electrons. The monoisotopic (exact) mass is 358 g/mol. The Labute approximate surface area is 151 Å². The summed E-state index contributed by atoms with van der Waals surface area (Å²) in [5, 5.41) is 0.601. The molecule has 2 bridgehead atoms. The van der Waals surface area contributed by atoms with Gasteiger partial charge in [0.25, 0.3) is 0 Å². The zero-order valence-electron chi connectivity index (χ0n) is 13.9. The Morgan fingerprint density at radius 1 is 1.40 bits per heavy atom. The van der Waals surface area contributed by atoms with Crippen molar-refractivity contribution >= 4 is 29.3 Å². The summed E-state index contributed by atoms with van der Waals surface area (Å²) in [4.78, 5) is 16.9. The lowest BCUT2D eigenvalue weighted by Crippen LogP contribution is -2.50. The number of rotatable bonds is 5. The van der Waals surface area contributed by atoms with E-state index in [-0.39, 0.29) is 18.0 Å². The minimum Gasteiger partial charge on any atom is -0.495 e. The van der Waals surface area contributed by atoms with Gasteiger partial charge in [0, 0.05) is 18.1 Å². The lowest BCUT2D eigenvalue weighted by molar-refractivity contribution is -0.122. The van der Waals surface area contributed by atoms with Gasteiger partial charge in [0.05, 0.1) is 31.1 Å². The Hall–Kier alpha value is -2.24. The fourth-order valence-corrected chi connectivity index (χ4v) is 3.89. The molecule has 2 fully saturated rings. The van der Waals surface area contributed by atoms with Gasteiger partial charge in [-0.05, 0) is 42.8 Å². The van der Waals surface area contributed by atoms with E-state index in [1.807, 2.05) is 29.2 Å². The normalized spacial score (nSPS) is 23.1. The van der Waals surface area contributed by atoms with Gasteiger partial charge < -0.3 is 14.1 Å². The van der Waals surface area contributed by atoms with Crippen molar-refractivity contribution < 1.29 is 13.9 Å². The first kappa shape index (κ1) is 16.2. The molecule has 2 aliphatic rings. The van der Waals surface area contributed by atoms with Gasteiger partial charge in [0.15, 0.2) is 0 Å². The number of furan rings is 1. The average molecular weight is 359 g/mol. The lowest BCUT2D eigenvalue weighted by Gasteiger charge is -2.34. The number of piperazine rings is 1. The summed E-state index contributed by atoms with van der Waals surface area (Å²) in [7, 11) is 1.61. The molecule has 1 aromatic carbocycles. The summed E-state index contributed by atoms with van der Waals surface area (Å²) < 4.78 is 10.7. The van der Waals surface area contributed by atoms with Crippen LogP contribution in [0.25, 0.3) is 6.08 Å². The van der Waals surface area contributed by atoms with Crippen LogP contribution in [0.2, 0.25) is 5.02 Å². The van der Waals surface area contributed by atoms with Crippen molar-refractivity contribution in [2.75, 3.05) is 25.1 Å². The molecule has 0 N–H and O–H groups in total. The molecule has 0 spiro atoms. The third-order valence-corrected chi connectivity index (χ3v) is 5.07. The van der Waals surface area contributed by atoms with Crippen molar-refractivity contribution in [2.45, 2.75) is 18.5 Å². The van der Waals surface area contributed by atoms with E-state index >= 15 is 0 Å². The van der Waals surface area contributed by atoms with Gasteiger partial charge >= 0.3 is 0 Å². The van der Waals surface area contributed by atoms with Crippen molar-refractivity contribution in [2.24, 2.45) is 0 Å². The number of carbonyl (C=O) groups is 1. The minimum atomic E-state index is -0.0880. The first-order valence-electron chi connectivity index (χ1n) is 8.28. The largest absolute Gasteiger partial charge is 0.495 e. The number of benzene rings is 1. The zero-order valence-corrected chi connectivity index (χ0v) is 14.6. The molecular formula is C19H19ClN2O3. The van der Waals surface area contributed by atoms with Crippen LogP contribution in [0.3, 0.4) is 0 Å². The highest BCUT2D eigenvalue weighted by Crippen LogP contribution is 2.40. The number of halogens is 1. The number of fused-ring (bicyclic) bond motifs is 2. The van der Waals surface area contributed by atoms with Crippen LogP contribution in [-0.2, 0) is 4.79 Å². The molecule has 0 aliphatic carbocycles. The Morgan fingerprint density at radius 2 is 2.28 bits per heavy atom. The number of anilines is 1. The van der Waals surface area contributed by atoms with Gasteiger partial charge in [-0.1, -0.05) is 17.7 Å². The molecular weight excluding hydrogens is 340 g/mol. The molecule has 6 heteroatoms. The van der Waals surface area contributed by atoms with E-state index in [0.717, 1.165) is 31.0 Å². The smallest absolute Gasteiger partial charge is 0.244 e. The van der Waals surface area contributed by atoms with Gasteiger partial charge in [0.2, 0.25) is 5.91 Å². The number of likely N-dealkylation sites (tertiary alicyclic amines) is 1. The molecule has 4 rings (SSSR count). The fraction of sp³-hybridized carbons (Fsp3) is 0.316. The standard InChI is InChI=1S/C19H19ClN2O3/c1-24-18-7-6-13(20)10-16(18)22-14-11-17(19(22)23)21(12-14)8-2-4-15-5-3-9-25-15/h2-7,9-10,14,17H,8,11-12H2,1H3/b4-2+/t14-,17-/m0/s1. The first-order valence-corrected chi connectivity index (χ1v) is 8.66. The van der Waals surface area contributed by atoms with Gasteiger partial charge in [-0.25, -0.2) is 0 Å². The van der Waals surface area contributed by atoms with Crippen molar-refractivity contribution in [3.8, 4) is 5.75 Å². The summed E-state index contributed by atoms with van der Waals surface area (Å²) in [5.41, 5.74) is 0.762. The van der Waals surface area contributed by atoms with Crippen LogP contribution in [0, 0.1) is 0 Å². The van der Waals surface area contributed by atoms with Crippen LogP contribution in [0.15, 0.2) is 47.1 Å². The van der Waals surface area contributed by atoms with Crippen LogP contribution in [-0.4, -0.2) is 43.1 Å². The summed E-state index contributed by atoms with van der Waals surface area (Å²) in [6.45, 7) is 1.57. The number of nitrogens with zero attached hydrogens (tertiary/aromatic N) is 2. The Kier molecular flexibility index (Phi) is 4.27. The third-order valence-electron chi connectivity index (χ3n) is 4.83. The van der Waals surface area contributed by atoms with Crippen LogP contribution >= 0.6 is 11.6 Å². The molecule has 0 saturated carbocycles. The van der Waals surface area contributed by atoms with Crippen LogP contribution in [0.4, 0.5) is 5.69 Å². The maximum absolute atomic E-state index is 12.9. The predicted octanol–water partition coefficient (Wildman–Crippen LogP) is 3.44. The Bertz CT molecular complexity index is 803. The van der Waals surface area contributed by atoms with Gasteiger partial charge in [-0.3, -0.25) is 9.69 Å². The van der Waals surface area contributed by atoms with Gasteiger partial charge in [0.1, 0.15) is 11.5 Å². The number of hydrogen-bond acceptors (Lipinski definition) is 4. The number of ether oxygens (including phenoxy) is 1. The van der Waals surface area contributed by atoms with Crippen molar-refractivity contribution in [1.82, 2.24) is 4.90 Å². The molecule has 1 amide bonds. The summed E-state index contributed by atoms with van der Waals surface area (Å²) in [6.07, 6.45) is 6.46. The maximum Gasteiger partial charge on any atom is 0.244 e. The quantitative estimate of drug-likeness (QED) is 0.821. The molecule has 2 aliphatic heterocycles. The van der Waals surface area contributed by atoms with Gasteiger partial charge in [-0.2, -0.15) is 0 Å². The second-order valence-corrected chi connectivity index (χ2v) is 6.74. The molecule has 25 heavy (non-hydrogen) atoms. The van der Waals surface area contributed by atoms with E-state index in [9.17, 15) is 4.79 Å². The number of carbonyl (C=O) groups excluding carboxylic acids is 1. The Morgan fingerprint density at radius 3 is 3.00 bits per heavy atom. The van der Waals surface area contributed by atoms with Gasteiger partial charge in [-0.15, -0.1) is 0 Å². The molecule has 2 atom stereocenters. The van der Waals surface area contributed by atoms with E-state index in [1.54, 1.807) is 31.6 Å². The second kappa shape index (κ2) is 6.58. The highest BCUT2D eigenvalue weighted by atomic mass is 35.5. The fourth-order valence-electron chi connectivity index (χ4n) is 3.72. The molecule has 2 saturated heterocycles. The highest BCUT2D eigenvalue weighted by molar-refractivity contribution is 6.31. The number of methoxy groups -OCH3 is 1. The summed E-state index contributed by atoms with van der Waals surface area (Å²) in [6, 6.07) is 9.22. The SMILES string of the molecule is COc1ccc(Cl)cc1N1C(=O)[C@@H]2C[C@H]1CN2C/C=C/c1ccco1. The Balaban J connectivity index is 1.49.